The number of benzene rings is 1. The highest BCUT2D eigenvalue weighted by atomic mass is 32.2. The molecular weight excluding hydrogens is 270 g/mol. The monoisotopic (exact) mass is 287 g/mol. The number of rotatable bonds is 6. The summed E-state index contributed by atoms with van der Waals surface area (Å²) < 4.78 is 26.1. The molecule has 1 rings (SSSR count). The van der Waals surface area contributed by atoms with Crippen molar-refractivity contribution in [3.05, 3.63) is 29.3 Å². The zero-order chi connectivity index (χ0) is 14.6. The van der Waals surface area contributed by atoms with E-state index in [1.165, 1.54) is 12.1 Å². The summed E-state index contributed by atoms with van der Waals surface area (Å²) in [4.78, 5) is 10.9. The molecule has 0 bridgehead atoms. The highest BCUT2D eigenvalue weighted by molar-refractivity contribution is 7.89. The van der Waals surface area contributed by atoms with Crippen LogP contribution in [0.5, 0.6) is 0 Å². The molecule has 0 spiro atoms. The zero-order valence-electron chi connectivity index (χ0n) is 10.8. The van der Waals surface area contributed by atoms with Crippen LogP contribution in [-0.4, -0.2) is 37.2 Å². The summed E-state index contributed by atoms with van der Waals surface area (Å²) in [5.74, 6) is -1.17. The van der Waals surface area contributed by atoms with Gasteiger partial charge in [-0.25, -0.2) is 17.9 Å². The van der Waals surface area contributed by atoms with Gasteiger partial charge in [0.25, 0.3) is 0 Å². The van der Waals surface area contributed by atoms with E-state index >= 15 is 0 Å². The fourth-order valence-corrected chi connectivity index (χ4v) is 2.56. The van der Waals surface area contributed by atoms with Gasteiger partial charge in [0, 0.05) is 6.54 Å². The second-order valence-electron chi connectivity index (χ2n) is 4.32. The van der Waals surface area contributed by atoms with Crippen molar-refractivity contribution in [1.82, 2.24) is 4.72 Å². The number of carbonyl (C=O) groups is 1. The number of hydrogen-bond acceptors (Lipinski definition) is 4. The first-order valence-electron chi connectivity index (χ1n) is 5.75. The average Bonchev–Trinajstić information content (AvgIpc) is 2.27. The van der Waals surface area contributed by atoms with Crippen LogP contribution in [0.2, 0.25) is 0 Å². The van der Waals surface area contributed by atoms with Gasteiger partial charge < -0.3 is 10.2 Å². The van der Waals surface area contributed by atoms with Crippen LogP contribution >= 0.6 is 0 Å². The quantitative estimate of drug-likeness (QED) is 0.716. The van der Waals surface area contributed by atoms with E-state index in [0.717, 1.165) is 6.07 Å². The SMILES string of the molecule is Cc1ccc(S(=O)(=O)NCCC(C)O)cc1C(=O)O. The number of aryl methyl sites for hydroxylation is 1. The Morgan fingerprint density at radius 3 is 2.58 bits per heavy atom. The van der Waals surface area contributed by atoms with Gasteiger partial charge in [0.05, 0.1) is 16.6 Å². The van der Waals surface area contributed by atoms with Gasteiger partial charge in [0.2, 0.25) is 10.0 Å². The van der Waals surface area contributed by atoms with Crippen LogP contribution < -0.4 is 4.72 Å². The Morgan fingerprint density at radius 2 is 2.05 bits per heavy atom. The number of carboxylic acid groups (broad SMARTS) is 1. The predicted molar refractivity (Wildman–Crippen MR) is 69.6 cm³/mol. The number of aliphatic hydroxyl groups excluding tert-OH is 1. The molecule has 7 heteroatoms. The number of aliphatic hydroxyl groups is 1. The van der Waals surface area contributed by atoms with Crippen molar-refractivity contribution in [2.24, 2.45) is 0 Å². The second-order valence-corrected chi connectivity index (χ2v) is 6.08. The standard InChI is InChI=1S/C12H17NO5S/c1-8-3-4-10(7-11(8)12(15)16)19(17,18)13-6-5-9(2)14/h3-4,7,9,13-14H,5-6H2,1-2H3,(H,15,16). The van der Waals surface area contributed by atoms with E-state index in [2.05, 4.69) is 4.72 Å². The predicted octanol–water partition coefficient (Wildman–Crippen LogP) is 0.742. The summed E-state index contributed by atoms with van der Waals surface area (Å²) in [6.07, 6.45) is -0.313. The normalized spacial score (nSPS) is 13.2. The minimum absolute atomic E-state index is 0.0431. The molecule has 106 valence electrons. The fourth-order valence-electron chi connectivity index (χ4n) is 1.48. The lowest BCUT2D eigenvalue weighted by molar-refractivity contribution is 0.0696. The molecule has 0 radical (unpaired) electrons. The molecule has 19 heavy (non-hydrogen) atoms. The smallest absolute Gasteiger partial charge is 0.335 e. The summed E-state index contributed by atoms with van der Waals surface area (Å²) in [6.45, 7) is 3.25. The first-order chi connectivity index (χ1) is 8.74. The van der Waals surface area contributed by atoms with Gasteiger partial charge in [-0.1, -0.05) is 6.07 Å². The van der Waals surface area contributed by atoms with E-state index < -0.39 is 22.1 Å². The van der Waals surface area contributed by atoms with Gasteiger partial charge in [-0.3, -0.25) is 0 Å². The third-order valence-corrected chi connectivity index (χ3v) is 4.06. The molecule has 1 atom stereocenters. The number of carboxylic acids is 1. The van der Waals surface area contributed by atoms with E-state index in [0.29, 0.717) is 5.56 Å². The minimum Gasteiger partial charge on any atom is -0.478 e. The van der Waals surface area contributed by atoms with E-state index in [1.54, 1.807) is 13.8 Å². The van der Waals surface area contributed by atoms with Crippen LogP contribution in [0.15, 0.2) is 23.1 Å². The second kappa shape index (κ2) is 6.14. The van der Waals surface area contributed by atoms with Crippen LogP contribution in [0.25, 0.3) is 0 Å². The van der Waals surface area contributed by atoms with Crippen molar-refractivity contribution in [3.8, 4) is 0 Å². The van der Waals surface area contributed by atoms with Crippen molar-refractivity contribution in [1.29, 1.82) is 0 Å². The lowest BCUT2D eigenvalue weighted by Gasteiger charge is -2.09. The molecule has 0 saturated heterocycles. The van der Waals surface area contributed by atoms with E-state index in [-0.39, 0.29) is 23.4 Å². The van der Waals surface area contributed by atoms with Crippen LogP contribution in [0.3, 0.4) is 0 Å². The van der Waals surface area contributed by atoms with E-state index in [9.17, 15) is 13.2 Å². The highest BCUT2D eigenvalue weighted by Gasteiger charge is 2.17. The average molecular weight is 287 g/mol. The molecular formula is C12H17NO5S. The van der Waals surface area contributed by atoms with Crippen molar-refractivity contribution < 1.29 is 23.4 Å². The summed E-state index contributed by atoms with van der Waals surface area (Å²) in [6, 6.07) is 3.93. The molecule has 0 heterocycles. The van der Waals surface area contributed by atoms with Gasteiger partial charge in [-0.05, 0) is 38.0 Å². The maximum Gasteiger partial charge on any atom is 0.335 e. The fraction of sp³-hybridized carbons (Fsp3) is 0.417. The Balaban J connectivity index is 2.96. The zero-order valence-corrected chi connectivity index (χ0v) is 11.6. The van der Waals surface area contributed by atoms with Crippen molar-refractivity contribution in [3.63, 3.8) is 0 Å². The molecule has 0 fully saturated rings. The van der Waals surface area contributed by atoms with Crippen LogP contribution in [0, 0.1) is 6.92 Å². The van der Waals surface area contributed by atoms with Crippen LogP contribution in [0.4, 0.5) is 0 Å². The van der Waals surface area contributed by atoms with Crippen molar-refractivity contribution in [2.45, 2.75) is 31.3 Å². The topological polar surface area (TPSA) is 104 Å². The van der Waals surface area contributed by atoms with Crippen LogP contribution in [-0.2, 0) is 10.0 Å². The number of aromatic carboxylic acids is 1. The summed E-state index contributed by atoms with van der Waals surface area (Å²) in [7, 11) is -3.75. The third kappa shape index (κ3) is 4.30. The minimum atomic E-state index is -3.75. The molecule has 6 nitrogen and oxygen atoms in total. The van der Waals surface area contributed by atoms with E-state index in [4.69, 9.17) is 10.2 Å². The molecule has 0 aromatic heterocycles. The number of hydrogen-bond donors (Lipinski definition) is 3. The van der Waals surface area contributed by atoms with Crippen molar-refractivity contribution in [2.75, 3.05) is 6.54 Å². The molecule has 0 aliphatic heterocycles. The molecule has 0 aliphatic rings. The molecule has 1 aromatic rings. The first-order valence-corrected chi connectivity index (χ1v) is 7.24. The summed E-state index contributed by atoms with van der Waals surface area (Å²) >= 11 is 0. The Labute approximate surface area is 112 Å². The highest BCUT2D eigenvalue weighted by Crippen LogP contribution is 2.15. The lowest BCUT2D eigenvalue weighted by atomic mass is 10.1. The van der Waals surface area contributed by atoms with Gasteiger partial charge in [-0.2, -0.15) is 0 Å². The van der Waals surface area contributed by atoms with Crippen molar-refractivity contribution >= 4 is 16.0 Å². The number of nitrogens with one attached hydrogen (secondary N) is 1. The first kappa shape index (κ1) is 15.6. The summed E-state index contributed by atoms with van der Waals surface area (Å²) in [5.41, 5.74) is 0.453. The Bertz CT molecular complexity index is 565. The van der Waals surface area contributed by atoms with Crippen LogP contribution in [0.1, 0.15) is 29.3 Å². The van der Waals surface area contributed by atoms with Gasteiger partial charge in [-0.15, -0.1) is 0 Å². The Hall–Kier alpha value is -1.44. The Kier molecular flexibility index (Phi) is 5.04. The van der Waals surface area contributed by atoms with Gasteiger partial charge >= 0.3 is 5.97 Å². The molecule has 0 aliphatic carbocycles. The molecule has 0 saturated carbocycles. The van der Waals surface area contributed by atoms with E-state index in [1.807, 2.05) is 0 Å². The van der Waals surface area contributed by atoms with Gasteiger partial charge in [0.15, 0.2) is 0 Å². The maximum absolute atomic E-state index is 11.9. The molecule has 1 aromatic carbocycles. The Morgan fingerprint density at radius 1 is 1.42 bits per heavy atom. The summed E-state index contributed by atoms with van der Waals surface area (Å²) in [5, 5.41) is 18.0. The maximum atomic E-state index is 11.9. The van der Waals surface area contributed by atoms with Gasteiger partial charge in [0.1, 0.15) is 0 Å². The largest absolute Gasteiger partial charge is 0.478 e. The third-order valence-electron chi connectivity index (χ3n) is 2.60. The molecule has 0 amide bonds. The molecule has 1 unspecified atom stereocenters. The lowest BCUT2D eigenvalue weighted by Crippen LogP contribution is -2.27. The number of sulfonamides is 1. The molecule has 3 N–H and O–H groups in total.